The molecule has 2 aromatic carbocycles. The van der Waals surface area contributed by atoms with Crippen LogP contribution in [0.3, 0.4) is 0 Å². The van der Waals surface area contributed by atoms with Gasteiger partial charge < -0.3 is 0 Å². The number of hydrogen-bond acceptors (Lipinski definition) is 5. The molecule has 0 bridgehead atoms. The average Bonchev–Trinajstić information content (AvgIpc) is 3.16. The van der Waals surface area contributed by atoms with Crippen molar-refractivity contribution in [3.05, 3.63) is 65.2 Å². The number of amides is 1. The normalized spacial score (nSPS) is 11.0. The predicted molar refractivity (Wildman–Crippen MR) is 98.0 cm³/mol. The van der Waals surface area contributed by atoms with Crippen LogP contribution in [-0.4, -0.2) is 25.7 Å². The lowest BCUT2D eigenvalue weighted by molar-refractivity contribution is 0.102. The van der Waals surface area contributed by atoms with Gasteiger partial charge in [0.15, 0.2) is 5.82 Å². The molecule has 0 fully saturated rings. The number of benzene rings is 2. The van der Waals surface area contributed by atoms with Crippen LogP contribution in [0.15, 0.2) is 48.5 Å². The summed E-state index contributed by atoms with van der Waals surface area (Å²) in [7, 11) is 0. The summed E-state index contributed by atoms with van der Waals surface area (Å²) >= 11 is 1.29. The first-order valence-electron chi connectivity index (χ1n) is 7.78. The Balaban J connectivity index is 1.65. The molecule has 0 spiro atoms. The van der Waals surface area contributed by atoms with E-state index in [1.54, 1.807) is 10.6 Å². The number of hydrogen-bond donors (Lipinski definition) is 1. The zero-order valence-corrected chi connectivity index (χ0v) is 14.5. The Bertz CT molecular complexity index is 1060. The Morgan fingerprint density at radius 1 is 1.04 bits per heavy atom. The van der Waals surface area contributed by atoms with Crippen molar-refractivity contribution < 1.29 is 4.79 Å². The van der Waals surface area contributed by atoms with Gasteiger partial charge in [-0.3, -0.25) is 10.1 Å². The van der Waals surface area contributed by atoms with Gasteiger partial charge in [-0.2, -0.15) is 4.52 Å². The number of aryl methyl sites for hydroxylation is 2. The summed E-state index contributed by atoms with van der Waals surface area (Å²) in [5.41, 5.74) is 3.66. The molecule has 6 nitrogen and oxygen atoms in total. The second-order valence-corrected chi connectivity index (χ2v) is 6.72. The number of carbonyl (C=O) groups is 1. The van der Waals surface area contributed by atoms with Gasteiger partial charge in [0, 0.05) is 11.1 Å². The Labute approximate surface area is 148 Å². The molecule has 7 heteroatoms. The first kappa shape index (κ1) is 15.5. The summed E-state index contributed by atoms with van der Waals surface area (Å²) in [4.78, 5) is 13.1. The summed E-state index contributed by atoms with van der Waals surface area (Å²) in [6, 6.07) is 15.4. The maximum Gasteiger partial charge on any atom is 0.257 e. The van der Waals surface area contributed by atoms with Gasteiger partial charge in [0.25, 0.3) is 5.91 Å². The highest BCUT2D eigenvalue weighted by Crippen LogP contribution is 2.24. The number of rotatable bonds is 3. The molecule has 2 heterocycles. The van der Waals surface area contributed by atoms with Crippen molar-refractivity contribution >= 4 is 27.3 Å². The van der Waals surface area contributed by atoms with E-state index < -0.39 is 0 Å². The quantitative estimate of drug-likeness (QED) is 0.612. The first-order valence-corrected chi connectivity index (χ1v) is 8.60. The molecule has 0 saturated heterocycles. The topological polar surface area (TPSA) is 72.2 Å². The van der Waals surface area contributed by atoms with E-state index in [2.05, 4.69) is 20.6 Å². The number of aromatic nitrogens is 4. The van der Waals surface area contributed by atoms with Crippen molar-refractivity contribution in [1.82, 2.24) is 19.8 Å². The van der Waals surface area contributed by atoms with Crippen LogP contribution in [0.25, 0.3) is 16.3 Å². The van der Waals surface area contributed by atoms with Crippen LogP contribution in [0, 0.1) is 13.8 Å². The molecule has 124 valence electrons. The van der Waals surface area contributed by atoms with E-state index in [0.29, 0.717) is 21.5 Å². The Morgan fingerprint density at radius 2 is 1.80 bits per heavy atom. The number of anilines is 1. The van der Waals surface area contributed by atoms with Crippen molar-refractivity contribution in [3.8, 4) is 11.4 Å². The molecule has 25 heavy (non-hydrogen) atoms. The fourth-order valence-electron chi connectivity index (χ4n) is 2.54. The van der Waals surface area contributed by atoms with E-state index in [1.807, 2.05) is 56.3 Å². The van der Waals surface area contributed by atoms with E-state index in [-0.39, 0.29) is 5.91 Å². The van der Waals surface area contributed by atoms with Crippen molar-refractivity contribution in [2.24, 2.45) is 0 Å². The van der Waals surface area contributed by atoms with Gasteiger partial charge in [-0.05, 0) is 25.5 Å². The molecule has 2 aromatic heterocycles. The predicted octanol–water partition coefficient (Wildman–Crippen LogP) is 3.72. The molecule has 4 rings (SSSR count). The highest BCUT2D eigenvalue weighted by molar-refractivity contribution is 7.20. The van der Waals surface area contributed by atoms with E-state index in [1.165, 1.54) is 16.9 Å². The van der Waals surface area contributed by atoms with Crippen molar-refractivity contribution in [2.75, 3.05) is 5.32 Å². The van der Waals surface area contributed by atoms with Crippen LogP contribution in [0.4, 0.5) is 5.13 Å². The maximum atomic E-state index is 12.4. The molecule has 0 unspecified atom stereocenters. The summed E-state index contributed by atoms with van der Waals surface area (Å²) in [6.45, 7) is 3.94. The van der Waals surface area contributed by atoms with Crippen molar-refractivity contribution in [3.63, 3.8) is 0 Å². The molecular formula is C18H15N5OS. The van der Waals surface area contributed by atoms with Gasteiger partial charge in [0.05, 0.1) is 0 Å². The first-order chi connectivity index (χ1) is 12.1. The van der Waals surface area contributed by atoms with Gasteiger partial charge in [-0.25, -0.2) is 0 Å². The minimum atomic E-state index is -0.181. The smallest absolute Gasteiger partial charge is 0.257 e. The van der Waals surface area contributed by atoms with Gasteiger partial charge in [-0.15, -0.1) is 15.3 Å². The van der Waals surface area contributed by atoms with E-state index in [9.17, 15) is 4.79 Å². The standard InChI is InChI=1S/C18H15N5OS/c1-11-7-9-13(10-8-11)15-20-21-18-23(15)22-17(25-18)19-16(24)14-6-4-3-5-12(14)2/h3-10H,1-2H3,(H,19,22,24). The Kier molecular flexibility index (Phi) is 3.77. The second kappa shape index (κ2) is 6.10. The van der Waals surface area contributed by atoms with Crippen LogP contribution < -0.4 is 5.32 Å². The zero-order valence-electron chi connectivity index (χ0n) is 13.7. The third-order valence-electron chi connectivity index (χ3n) is 3.91. The third-order valence-corrected chi connectivity index (χ3v) is 4.73. The molecule has 0 aliphatic carbocycles. The molecule has 0 atom stereocenters. The minimum Gasteiger partial charge on any atom is -0.296 e. The van der Waals surface area contributed by atoms with E-state index in [4.69, 9.17) is 0 Å². The van der Waals surface area contributed by atoms with Gasteiger partial charge in [-0.1, -0.05) is 59.4 Å². The number of nitrogens with one attached hydrogen (secondary N) is 1. The van der Waals surface area contributed by atoms with Crippen molar-refractivity contribution in [1.29, 1.82) is 0 Å². The lowest BCUT2D eigenvalue weighted by Gasteiger charge is -2.04. The van der Waals surface area contributed by atoms with Crippen molar-refractivity contribution in [2.45, 2.75) is 13.8 Å². The molecule has 0 aliphatic rings. The Morgan fingerprint density at radius 3 is 2.56 bits per heavy atom. The van der Waals surface area contributed by atoms with E-state index in [0.717, 1.165) is 11.1 Å². The Hall–Kier alpha value is -3.06. The maximum absolute atomic E-state index is 12.4. The van der Waals surface area contributed by atoms with Crippen LogP contribution >= 0.6 is 11.3 Å². The fourth-order valence-corrected chi connectivity index (χ4v) is 3.28. The van der Waals surface area contributed by atoms with E-state index >= 15 is 0 Å². The molecular weight excluding hydrogens is 334 g/mol. The molecule has 4 aromatic rings. The molecule has 1 N–H and O–H groups in total. The molecule has 0 aliphatic heterocycles. The SMILES string of the molecule is Cc1ccc(-c2nnc3sc(NC(=O)c4ccccc4C)nn23)cc1. The van der Waals surface area contributed by atoms with Gasteiger partial charge >= 0.3 is 0 Å². The lowest BCUT2D eigenvalue weighted by atomic mass is 10.1. The third kappa shape index (κ3) is 2.89. The van der Waals surface area contributed by atoms with Crippen LogP contribution in [-0.2, 0) is 0 Å². The average molecular weight is 349 g/mol. The molecule has 1 amide bonds. The largest absolute Gasteiger partial charge is 0.296 e. The highest BCUT2D eigenvalue weighted by Gasteiger charge is 2.16. The van der Waals surface area contributed by atoms with Gasteiger partial charge in [0.1, 0.15) is 0 Å². The number of nitrogens with zero attached hydrogens (tertiary/aromatic N) is 4. The van der Waals surface area contributed by atoms with Crippen LogP contribution in [0.2, 0.25) is 0 Å². The fraction of sp³-hybridized carbons (Fsp3) is 0.111. The highest BCUT2D eigenvalue weighted by atomic mass is 32.1. The molecule has 0 radical (unpaired) electrons. The summed E-state index contributed by atoms with van der Waals surface area (Å²) in [6.07, 6.45) is 0. The van der Waals surface area contributed by atoms with Crippen LogP contribution in [0.5, 0.6) is 0 Å². The summed E-state index contributed by atoms with van der Waals surface area (Å²) in [5, 5.41) is 16.1. The summed E-state index contributed by atoms with van der Waals surface area (Å²) in [5.74, 6) is 0.475. The number of carbonyl (C=O) groups excluding carboxylic acids is 1. The number of fused-ring (bicyclic) bond motifs is 1. The van der Waals surface area contributed by atoms with Crippen LogP contribution in [0.1, 0.15) is 21.5 Å². The second-order valence-electron chi connectivity index (χ2n) is 5.76. The molecule has 0 saturated carbocycles. The van der Waals surface area contributed by atoms with Gasteiger partial charge in [0.2, 0.25) is 10.1 Å². The lowest BCUT2D eigenvalue weighted by Crippen LogP contribution is -2.13. The monoisotopic (exact) mass is 349 g/mol. The zero-order chi connectivity index (χ0) is 17.4. The minimum absolute atomic E-state index is 0.181. The summed E-state index contributed by atoms with van der Waals surface area (Å²) < 4.78 is 1.66.